The molecule has 42 heavy (non-hydrogen) atoms. The van der Waals surface area contributed by atoms with Crippen LogP contribution in [0.15, 0.2) is 36.4 Å². The Morgan fingerprint density at radius 1 is 1.14 bits per heavy atom. The van der Waals surface area contributed by atoms with Crippen LogP contribution < -0.4 is 20.7 Å². The van der Waals surface area contributed by atoms with Gasteiger partial charge in [0.25, 0.3) is 0 Å². The first-order valence-corrected chi connectivity index (χ1v) is 17.1. The first-order chi connectivity index (χ1) is 20.0. The number of methoxy groups -OCH3 is 1. The van der Waals surface area contributed by atoms with Crippen LogP contribution in [0, 0.1) is 11.8 Å². The predicted molar refractivity (Wildman–Crippen MR) is 164 cm³/mol. The molecule has 2 aromatic carbocycles. The van der Waals surface area contributed by atoms with Crippen molar-refractivity contribution in [2.75, 3.05) is 70.7 Å². The number of likely N-dealkylation sites (tertiary alicyclic amines) is 1. The second kappa shape index (κ2) is 14.1. The minimum Gasteiger partial charge on any atom is -0.461 e. The number of halogens is 4. The van der Waals surface area contributed by atoms with Gasteiger partial charge in [-0.05, 0) is 61.4 Å². The normalized spacial score (nSPS) is 14.9. The van der Waals surface area contributed by atoms with Crippen LogP contribution >= 0.6 is 18.5 Å². The van der Waals surface area contributed by atoms with Gasteiger partial charge in [-0.15, -0.1) is 11.3 Å². The zero-order valence-electron chi connectivity index (χ0n) is 23.9. The van der Waals surface area contributed by atoms with Gasteiger partial charge < -0.3 is 29.6 Å². The Hall–Kier alpha value is -2.77. The predicted octanol–water partition coefficient (Wildman–Crippen LogP) is 6.55. The summed E-state index contributed by atoms with van der Waals surface area (Å²) in [7, 11) is -0.892. The highest BCUT2D eigenvalue weighted by atomic mass is 32.1. The van der Waals surface area contributed by atoms with Gasteiger partial charge in [0.05, 0.1) is 40.5 Å². The zero-order chi connectivity index (χ0) is 30.3. The monoisotopic (exact) mass is 625 g/mol. The number of alkyl halides is 4. The zero-order valence-corrected chi connectivity index (χ0v) is 25.7. The Bertz CT molecular complexity index is 1470. The molecule has 2 heterocycles. The number of thiophene rings is 1. The summed E-state index contributed by atoms with van der Waals surface area (Å²) in [5.41, 5.74) is 1.44. The number of rotatable bonds is 11. The third-order valence-corrected chi connectivity index (χ3v) is 9.84. The Morgan fingerprint density at radius 2 is 1.90 bits per heavy atom. The van der Waals surface area contributed by atoms with Crippen molar-refractivity contribution < 1.29 is 31.6 Å². The quantitative estimate of drug-likeness (QED) is 0.143. The summed E-state index contributed by atoms with van der Waals surface area (Å²) >= 11 is 1.26. The van der Waals surface area contributed by atoms with Gasteiger partial charge in [0.2, 0.25) is 6.86 Å². The maximum atomic E-state index is 13.6. The van der Waals surface area contributed by atoms with Crippen LogP contribution in [-0.2, 0) is 15.7 Å². The molecule has 12 heteroatoms. The van der Waals surface area contributed by atoms with Crippen molar-refractivity contribution in [3.05, 3.63) is 46.8 Å². The van der Waals surface area contributed by atoms with Gasteiger partial charge in [0.1, 0.15) is 12.9 Å². The average molecular weight is 626 g/mol. The van der Waals surface area contributed by atoms with Crippen LogP contribution in [0.4, 0.5) is 28.9 Å². The Balaban J connectivity index is 1.54. The number of piperidine rings is 1. The number of benzene rings is 2. The van der Waals surface area contributed by atoms with Crippen molar-refractivity contribution in [3.8, 4) is 17.6 Å². The van der Waals surface area contributed by atoms with Gasteiger partial charge in [-0.1, -0.05) is 24.0 Å². The molecule has 0 saturated carbocycles. The SMILES string of the molecule is COCCN1CCC(Nc2cccc3c(CC(F)(F)F)c(C#CCNc4ccc(P(C)(C)=O)cc4OCF)sc23)CC1. The highest BCUT2D eigenvalue weighted by molar-refractivity contribution is 7.70. The average Bonchev–Trinajstić information content (AvgIpc) is 3.27. The third-order valence-electron chi connectivity index (χ3n) is 7.12. The molecule has 0 unspecified atom stereocenters. The molecule has 2 N–H and O–H groups in total. The molecule has 1 saturated heterocycles. The summed E-state index contributed by atoms with van der Waals surface area (Å²) in [5.74, 6) is 6.05. The molecule has 3 aromatic rings. The number of anilines is 2. The molecule has 0 aliphatic carbocycles. The van der Waals surface area contributed by atoms with E-state index in [1.54, 1.807) is 44.7 Å². The lowest BCUT2D eigenvalue weighted by Gasteiger charge is -2.32. The van der Waals surface area contributed by atoms with Gasteiger partial charge in [-0.3, -0.25) is 0 Å². The summed E-state index contributed by atoms with van der Waals surface area (Å²) < 4.78 is 77.2. The minimum atomic E-state index is -4.39. The van der Waals surface area contributed by atoms with Crippen LogP contribution in [0.2, 0.25) is 0 Å². The molecule has 0 atom stereocenters. The Labute approximate surface area is 248 Å². The molecule has 0 spiro atoms. The number of hydrogen-bond donors (Lipinski definition) is 2. The van der Waals surface area contributed by atoms with Crippen molar-refractivity contribution in [3.63, 3.8) is 0 Å². The Kier molecular flexibility index (Phi) is 10.8. The van der Waals surface area contributed by atoms with Crippen molar-refractivity contribution in [1.29, 1.82) is 0 Å². The van der Waals surface area contributed by atoms with E-state index in [1.165, 1.54) is 17.4 Å². The lowest BCUT2D eigenvalue weighted by atomic mass is 10.0. The van der Waals surface area contributed by atoms with Gasteiger partial charge in [0.15, 0.2) is 0 Å². The molecular formula is C30H36F4N3O3PS. The van der Waals surface area contributed by atoms with Crippen molar-refractivity contribution >= 4 is 45.2 Å². The maximum Gasteiger partial charge on any atom is 0.393 e. The van der Waals surface area contributed by atoms with E-state index in [4.69, 9.17) is 9.47 Å². The highest BCUT2D eigenvalue weighted by Crippen LogP contribution is 2.40. The molecule has 1 aromatic heterocycles. The lowest BCUT2D eigenvalue weighted by Crippen LogP contribution is -2.40. The summed E-state index contributed by atoms with van der Waals surface area (Å²) in [6.45, 7) is 5.68. The molecule has 0 bridgehead atoms. The smallest absolute Gasteiger partial charge is 0.393 e. The van der Waals surface area contributed by atoms with E-state index in [0.717, 1.165) is 42.9 Å². The van der Waals surface area contributed by atoms with E-state index < -0.39 is 26.6 Å². The Morgan fingerprint density at radius 3 is 2.57 bits per heavy atom. The number of hydrogen-bond acceptors (Lipinski definition) is 7. The molecule has 1 fully saturated rings. The number of fused-ring (bicyclic) bond motifs is 1. The summed E-state index contributed by atoms with van der Waals surface area (Å²) in [5, 5.41) is 7.70. The van der Waals surface area contributed by atoms with Crippen molar-refractivity contribution in [2.45, 2.75) is 31.5 Å². The van der Waals surface area contributed by atoms with Crippen LogP contribution in [0.1, 0.15) is 23.3 Å². The summed E-state index contributed by atoms with van der Waals surface area (Å²) in [6.07, 6.45) is -3.60. The number of nitrogens with zero attached hydrogens (tertiary/aromatic N) is 1. The highest BCUT2D eigenvalue weighted by Gasteiger charge is 2.31. The second-order valence-electron chi connectivity index (χ2n) is 10.6. The summed E-state index contributed by atoms with van der Waals surface area (Å²) in [4.78, 5) is 2.71. The molecule has 0 amide bonds. The first-order valence-electron chi connectivity index (χ1n) is 13.7. The largest absolute Gasteiger partial charge is 0.461 e. The van der Waals surface area contributed by atoms with E-state index in [0.29, 0.717) is 27.9 Å². The van der Waals surface area contributed by atoms with E-state index >= 15 is 0 Å². The maximum absolute atomic E-state index is 13.6. The van der Waals surface area contributed by atoms with Crippen LogP contribution in [0.3, 0.4) is 0 Å². The van der Waals surface area contributed by atoms with Crippen LogP contribution in [0.25, 0.3) is 10.1 Å². The van der Waals surface area contributed by atoms with Crippen LogP contribution in [-0.4, -0.2) is 77.2 Å². The fourth-order valence-corrected chi connectivity index (χ4v) is 6.97. The molecule has 1 aliphatic heterocycles. The molecule has 1 aliphatic rings. The fourth-order valence-electron chi connectivity index (χ4n) is 4.94. The second-order valence-corrected chi connectivity index (χ2v) is 14.8. The van der Waals surface area contributed by atoms with E-state index in [-0.39, 0.29) is 23.9 Å². The number of nitrogens with one attached hydrogen (secondary N) is 2. The van der Waals surface area contributed by atoms with Crippen LogP contribution in [0.5, 0.6) is 5.75 Å². The third kappa shape index (κ3) is 8.63. The van der Waals surface area contributed by atoms with Crippen molar-refractivity contribution in [2.24, 2.45) is 0 Å². The van der Waals surface area contributed by atoms with Crippen molar-refractivity contribution in [1.82, 2.24) is 4.90 Å². The van der Waals surface area contributed by atoms with E-state index in [2.05, 4.69) is 27.4 Å². The van der Waals surface area contributed by atoms with E-state index in [9.17, 15) is 22.1 Å². The first kappa shape index (κ1) is 32.2. The summed E-state index contributed by atoms with van der Waals surface area (Å²) in [6, 6.07) is 10.5. The molecule has 228 valence electrons. The van der Waals surface area contributed by atoms with Gasteiger partial charge in [-0.2, -0.15) is 13.2 Å². The van der Waals surface area contributed by atoms with E-state index in [1.807, 2.05) is 6.07 Å². The standard InChI is InChI=1S/C30H36F4N3O3PS/c1-39-17-16-37-14-11-21(12-15-37)36-26-7-4-6-23-24(19-30(32,33)34)28(42-29(23)26)8-5-13-35-25-10-9-22(41(2,3)38)18-27(25)40-20-31/h4,6-7,9-10,18,21,35-36H,11-17,19-20H2,1-3H3. The lowest BCUT2D eigenvalue weighted by molar-refractivity contribution is -0.126. The topological polar surface area (TPSA) is 62.8 Å². The molecule has 6 nitrogen and oxygen atoms in total. The molecule has 4 rings (SSSR count). The van der Waals surface area contributed by atoms with Gasteiger partial charge >= 0.3 is 6.18 Å². The number of ether oxygens (including phenoxy) is 2. The minimum absolute atomic E-state index is 0.0877. The van der Waals surface area contributed by atoms with Gasteiger partial charge in [0, 0.05) is 38.1 Å². The molecule has 0 radical (unpaired) electrons. The molecular weight excluding hydrogens is 589 g/mol. The fraction of sp³-hybridized carbons (Fsp3) is 0.467. The van der Waals surface area contributed by atoms with Gasteiger partial charge in [-0.25, -0.2) is 4.39 Å².